The van der Waals surface area contributed by atoms with Gasteiger partial charge in [-0.2, -0.15) is 0 Å². The average Bonchev–Trinajstić information content (AvgIpc) is 3.97. The van der Waals surface area contributed by atoms with Gasteiger partial charge in [-0.25, -0.2) is 0 Å². The van der Waals surface area contributed by atoms with Crippen LogP contribution >= 0.6 is 22.7 Å². The molecular weight excluding hydrogens is 735 g/mol. The van der Waals surface area contributed by atoms with E-state index in [0.29, 0.717) is 0 Å². The standard InChI is InChI=1S/C50H39NS2Si2/c1-54(2)42-25-13-7-19-34(42)49(35-20-8-14-26-43(35)54)38-29-30-52-47(38)50(36-21-9-15-27-44(36)55(3,4)45-28-16-10-22-37(45)50)39-31-46(53-48(39)49)51-40-23-11-5-17-32(40)33-18-6-12-24-41(33)51/h5-31H,1-4H3. The first-order valence-electron chi connectivity index (χ1n) is 19.4. The highest BCUT2D eigenvalue weighted by Crippen LogP contribution is 2.64. The van der Waals surface area contributed by atoms with Gasteiger partial charge in [-0.1, -0.05) is 160 Å². The molecule has 5 heterocycles. The molecule has 6 aromatic carbocycles. The zero-order valence-corrected chi connectivity index (χ0v) is 35.0. The molecule has 2 aliphatic heterocycles. The summed E-state index contributed by atoms with van der Waals surface area (Å²) in [5.41, 5.74) is 10.4. The molecule has 3 aromatic heterocycles. The Labute approximate surface area is 332 Å². The van der Waals surface area contributed by atoms with Crippen LogP contribution < -0.4 is 20.7 Å². The van der Waals surface area contributed by atoms with Gasteiger partial charge in [-0.05, 0) is 83.8 Å². The van der Waals surface area contributed by atoms with Crippen LogP contribution in [-0.4, -0.2) is 20.7 Å². The van der Waals surface area contributed by atoms with E-state index in [2.05, 4.69) is 194 Å². The second-order valence-electron chi connectivity index (χ2n) is 16.8. The van der Waals surface area contributed by atoms with Gasteiger partial charge in [-0.3, -0.25) is 0 Å². The van der Waals surface area contributed by atoms with Gasteiger partial charge in [0, 0.05) is 20.5 Å². The van der Waals surface area contributed by atoms with Crippen LogP contribution in [0.5, 0.6) is 0 Å². The molecule has 3 aliphatic rings. The second kappa shape index (κ2) is 10.8. The van der Waals surface area contributed by atoms with E-state index in [0.717, 1.165) is 0 Å². The van der Waals surface area contributed by atoms with Gasteiger partial charge in [0.15, 0.2) is 0 Å². The van der Waals surface area contributed by atoms with Gasteiger partial charge in [0.05, 0.1) is 21.9 Å². The number of fused-ring (bicyclic) bond motifs is 17. The van der Waals surface area contributed by atoms with Crippen molar-refractivity contribution in [2.45, 2.75) is 37.0 Å². The molecule has 1 aliphatic carbocycles. The van der Waals surface area contributed by atoms with Crippen LogP contribution in [0.2, 0.25) is 26.2 Å². The Bertz CT molecular complexity index is 2780. The maximum Gasteiger partial charge on any atom is 0.113 e. The van der Waals surface area contributed by atoms with Crippen molar-refractivity contribution >= 4 is 81.4 Å². The number of nitrogens with zero attached hydrogens (tertiary/aromatic N) is 1. The fourth-order valence-corrected chi connectivity index (χ4v) is 20.5. The second-order valence-corrected chi connectivity index (χ2v) is 27.4. The lowest BCUT2D eigenvalue weighted by molar-refractivity contribution is 0.646. The summed E-state index contributed by atoms with van der Waals surface area (Å²) < 4.78 is 2.57. The predicted molar refractivity (Wildman–Crippen MR) is 240 cm³/mol. The molecule has 12 rings (SSSR count). The summed E-state index contributed by atoms with van der Waals surface area (Å²) in [5, 5.41) is 12.5. The number of thiophene rings is 2. The maximum atomic E-state index is 2.64. The zero-order chi connectivity index (χ0) is 36.9. The van der Waals surface area contributed by atoms with Crippen LogP contribution in [0.4, 0.5) is 0 Å². The molecule has 0 saturated carbocycles. The molecule has 2 spiro atoms. The highest BCUT2D eigenvalue weighted by molar-refractivity contribution is 7.15. The van der Waals surface area contributed by atoms with Gasteiger partial charge in [0.25, 0.3) is 0 Å². The van der Waals surface area contributed by atoms with Gasteiger partial charge in [0.1, 0.15) is 21.1 Å². The summed E-state index contributed by atoms with van der Waals surface area (Å²) in [6.07, 6.45) is 0. The van der Waals surface area contributed by atoms with Crippen molar-refractivity contribution in [2.24, 2.45) is 0 Å². The van der Waals surface area contributed by atoms with E-state index in [9.17, 15) is 0 Å². The van der Waals surface area contributed by atoms with E-state index in [1.807, 2.05) is 22.7 Å². The largest absolute Gasteiger partial charge is 0.301 e. The minimum Gasteiger partial charge on any atom is -0.301 e. The number of aromatic nitrogens is 1. The first kappa shape index (κ1) is 32.2. The molecule has 1 nitrogen and oxygen atoms in total. The van der Waals surface area contributed by atoms with Crippen LogP contribution in [0.15, 0.2) is 163 Å². The lowest BCUT2D eigenvalue weighted by atomic mass is 9.55. The minimum atomic E-state index is -2.06. The third kappa shape index (κ3) is 3.69. The van der Waals surface area contributed by atoms with Crippen molar-refractivity contribution in [1.82, 2.24) is 4.57 Å². The quantitative estimate of drug-likeness (QED) is 0.147. The third-order valence-corrected chi connectivity index (χ3v) is 23.1. The fraction of sp³-hybridized carbons (Fsp3) is 0.120. The molecule has 0 atom stereocenters. The minimum absolute atomic E-state index is 0.457. The van der Waals surface area contributed by atoms with Crippen molar-refractivity contribution < 1.29 is 0 Å². The molecule has 0 fully saturated rings. The van der Waals surface area contributed by atoms with Gasteiger partial charge < -0.3 is 4.57 Å². The van der Waals surface area contributed by atoms with E-state index in [-0.39, 0.29) is 0 Å². The Morgan fingerprint density at radius 2 is 0.818 bits per heavy atom. The Morgan fingerprint density at radius 3 is 1.29 bits per heavy atom. The fourth-order valence-electron chi connectivity index (χ4n) is 11.4. The van der Waals surface area contributed by atoms with Crippen LogP contribution in [0.25, 0.3) is 26.8 Å². The number of para-hydroxylation sites is 2. The Morgan fingerprint density at radius 1 is 0.418 bits per heavy atom. The molecule has 0 radical (unpaired) electrons. The van der Waals surface area contributed by atoms with Crippen LogP contribution in [0.1, 0.15) is 43.1 Å². The van der Waals surface area contributed by atoms with E-state index >= 15 is 0 Å². The Hall–Kier alpha value is -5.05. The lowest BCUT2D eigenvalue weighted by Gasteiger charge is -2.54. The molecule has 9 aromatic rings. The summed E-state index contributed by atoms with van der Waals surface area (Å²) >= 11 is 4.01. The van der Waals surface area contributed by atoms with Crippen molar-refractivity contribution in [1.29, 1.82) is 0 Å². The Balaban J connectivity index is 1.33. The number of benzene rings is 6. The van der Waals surface area contributed by atoms with E-state index in [4.69, 9.17) is 0 Å². The van der Waals surface area contributed by atoms with Crippen LogP contribution in [-0.2, 0) is 10.8 Å². The maximum absolute atomic E-state index is 2.64. The first-order valence-corrected chi connectivity index (χ1v) is 27.1. The summed E-state index contributed by atoms with van der Waals surface area (Å²) in [7, 11) is -4.11. The summed E-state index contributed by atoms with van der Waals surface area (Å²) in [4.78, 5) is 2.94. The Kier molecular flexibility index (Phi) is 6.34. The highest BCUT2D eigenvalue weighted by atomic mass is 32.1. The van der Waals surface area contributed by atoms with E-state index < -0.39 is 27.0 Å². The number of hydrogen-bond acceptors (Lipinski definition) is 2. The molecule has 0 saturated heterocycles. The zero-order valence-electron chi connectivity index (χ0n) is 31.4. The highest BCUT2D eigenvalue weighted by Gasteiger charge is 2.62. The topological polar surface area (TPSA) is 4.93 Å². The molecule has 0 amide bonds. The van der Waals surface area contributed by atoms with Gasteiger partial charge >= 0.3 is 0 Å². The predicted octanol–water partition coefficient (Wildman–Crippen LogP) is 10.3. The lowest BCUT2D eigenvalue weighted by Crippen LogP contribution is -2.66. The SMILES string of the molecule is C[Si]1(C)c2ccccc2C2(c3ccccc31)c1cc(-n3c4ccccc4c4ccccc43)sc1C1(c3ccccc3[Si](C)(C)c3ccccc31)c1ccsc12. The molecule has 55 heavy (non-hydrogen) atoms. The van der Waals surface area contributed by atoms with Crippen molar-refractivity contribution in [3.8, 4) is 5.00 Å². The molecule has 5 heteroatoms. The van der Waals surface area contributed by atoms with Crippen LogP contribution in [0.3, 0.4) is 0 Å². The smallest absolute Gasteiger partial charge is 0.113 e. The van der Waals surface area contributed by atoms with Gasteiger partial charge in [-0.15, -0.1) is 22.7 Å². The van der Waals surface area contributed by atoms with Crippen molar-refractivity contribution in [2.75, 3.05) is 0 Å². The monoisotopic (exact) mass is 773 g/mol. The molecule has 0 unspecified atom stereocenters. The molecule has 264 valence electrons. The van der Waals surface area contributed by atoms with Crippen LogP contribution in [0, 0.1) is 0 Å². The van der Waals surface area contributed by atoms with Gasteiger partial charge in [0.2, 0.25) is 0 Å². The first-order chi connectivity index (χ1) is 26.8. The van der Waals surface area contributed by atoms with Crippen molar-refractivity contribution in [3.63, 3.8) is 0 Å². The summed E-state index contributed by atoms with van der Waals surface area (Å²) in [5.74, 6) is 0. The summed E-state index contributed by atoms with van der Waals surface area (Å²) in [6.45, 7) is 10.3. The molecule has 0 N–H and O–H groups in total. The molecule has 0 bridgehead atoms. The summed E-state index contributed by atoms with van der Waals surface area (Å²) in [6, 6.07) is 61.3. The molecular formula is C50H39NS2Si2. The number of hydrogen-bond donors (Lipinski definition) is 0. The van der Waals surface area contributed by atoms with Crippen molar-refractivity contribution in [3.05, 3.63) is 206 Å². The third-order valence-electron chi connectivity index (χ3n) is 13.7. The van der Waals surface area contributed by atoms with E-state index in [1.165, 1.54) is 69.9 Å². The normalized spacial score (nSPS) is 17.3. The van der Waals surface area contributed by atoms with E-state index in [1.54, 1.807) is 20.7 Å². The number of rotatable bonds is 1. The average molecular weight is 774 g/mol.